The predicted molar refractivity (Wildman–Crippen MR) is 128 cm³/mol. The summed E-state index contributed by atoms with van der Waals surface area (Å²) in [4.78, 5) is 8.03. The van der Waals surface area contributed by atoms with E-state index in [0.29, 0.717) is 22.0 Å². The molecule has 166 valence electrons. The molecule has 0 amide bonds. The van der Waals surface area contributed by atoms with Crippen LogP contribution in [0.1, 0.15) is 31.9 Å². The summed E-state index contributed by atoms with van der Waals surface area (Å²) in [7, 11) is 0. The third-order valence-corrected chi connectivity index (χ3v) is 6.05. The number of imidazole rings is 1. The van der Waals surface area contributed by atoms with Crippen LogP contribution in [0, 0.1) is 5.82 Å². The number of fused-ring (bicyclic) bond motifs is 1. The van der Waals surface area contributed by atoms with E-state index >= 15 is 0 Å². The zero-order chi connectivity index (χ0) is 23.0. The van der Waals surface area contributed by atoms with Gasteiger partial charge in [-0.2, -0.15) is 0 Å². The standard InChI is InChI=1S/C24H23ClFN3O2S/c1-24(2,3)17-7-9-21-22(12-17)29-23(28-21)18-8-6-14(10-19(18)25)15-4-5-16(20(26)11-15)13-27-32(30)31/h4-12,27H,13H2,1-3H3,(H,28,29)(H,30,31). The van der Waals surface area contributed by atoms with E-state index in [-0.39, 0.29) is 12.0 Å². The maximum atomic E-state index is 14.4. The summed E-state index contributed by atoms with van der Waals surface area (Å²) in [6, 6.07) is 16.4. The molecule has 32 heavy (non-hydrogen) atoms. The molecule has 4 rings (SSSR count). The van der Waals surface area contributed by atoms with Gasteiger partial charge in [-0.15, -0.1) is 0 Å². The number of hydrogen-bond donors (Lipinski definition) is 3. The van der Waals surface area contributed by atoms with Crippen LogP contribution < -0.4 is 4.72 Å². The van der Waals surface area contributed by atoms with E-state index in [9.17, 15) is 8.60 Å². The molecule has 0 aliphatic heterocycles. The van der Waals surface area contributed by atoms with Gasteiger partial charge in [0, 0.05) is 17.7 Å². The Balaban J connectivity index is 1.64. The molecule has 0 aliphatic carbocycles. The van der Waals surface area contributed by atoms with Crippen LogP contribution in [0.4, 0.5) is 4.39 Å². The van der Waals surface area contributed by atoms with Crippen LogP contribution in [-0.2, 0) is 23.2 Å². The molecule has 0 radical (unpaired) electrons. The Hall–Kier alpha value is -2.58. The van der Waals surface area contributed by atoms with Gasteiger partial charge in [0.05, 0.1) is 16.1 Å². The molecule has 3 N–H and O–H groups in total. The van der Waals surface area contributed by atoms with Gasteiger partial charge >= 0.3 is 0 Å². The van der Waals surface area contributed by atoms with Crippen LogP contribution in [0.15, 0.2) is 54.6 Å². The van der Waals surface area contributed by atoms with Crippen LogP contribution in [0.3, 0.4) is 0 Å². The van der Waals surface area contributed by atoms with Gasteiger partial charge in [0.15, 0.2) is 0 Å². The van der Waals surface area contributed by atoms with Crippen molar-refractivity contribution in [2.45, 2.75) is 32.7 Å². The molecule has 8 heteroatoms. The largest absolute Gasteiger partial charge is 0.338 e. The van der Waals surface area contributed by atoms with E-state index < -0.39 is 17.1 Å². The van der Waals surface area contributed by atoms with E-state index in [1.165, 1.54) is 11.6 Å². The Morgan fingerprint density at radius 3 is 2.47 bits per heavy atom. The smallest absolute Gasteiger partial charge is 0.232 e. The van der Waals surface area contributed by atoms with E-state index in [4.69, 9.17) is 16.2 Å². The highest BCUT2D eigenvalue weighted by atomic mass is 35.5. The topological polar surface area (TPSA) is 78.0 Å². The fourth-order valence-electron chi connectivity index (χ4n) is 3.50. The van der Waals surface area contributed by atoms with Gasteiger partial charge in [-0.05, 0) is 52.4 Å². The molecule has 1 unspecified atom stereocenters. The average molecular weight is 472 g/mol. The zero-order valence-corrected chi connectivity index (χ0v) is 19.4. The summed E-state index contributed by atoms with van der Waals surface area (Å²) in [5.41, 5.74) is 5.54. The summed E-state index contributed by atoms with van der Waals surface area (Å²) in [6.07, 6.45) is 0. The summed E-state index contributed by atoms with van der Waals surface area (Å²) in [6.45, 7) is 6.46. The lowest BCUT2D eigenvalue weighted by Crippen LogP contribution is -2.16. The SMILES string of the molecule is CC(C)(C)c1ccc2nc(-c3ccc(-c4ccc(CNS(=O)O)c(F)c4)cc3Cl)[nH]c2c1. The Bertz CT molecular complexity index is 1330. The molecule has 3 aromatic carbocycles. The van der Waals surface area contributed by atoms with Crippen LogP contribution in [-0.4, -0.2) is 18.7 Å². The first-order chi connectivity index (χ1) is 15.1. The molecule has 1 atom stereocenters. The number of aromatic amines is 1. The summed E-state index contributed by atoms with van der Waals surface area (Å²) >= 11 is 4.38. The minimum absolute atomic E-state index is 0.0365. The molecule has 5 nitrogen and oxygen atoms in total. The van der Waals surface area contributed by atoms with Gasteiger partial charge in [0.2, 0.25) is 11.3 Å². The Kier molecular flexibility index (Phi) is 6.18. The van der Waals surface area contributed by atoms with Crippen molar-refractivity contribution in [1.29, 1.82) is 0 Å². The normalized spacial score (nSPS) is 12.9. The maximum absolute atomic E-state index is 14.4. The number of halogens is 2. The second-order valence-corrected chi connectivity index (χ2v) is 9.83. The van der Waals surface area contributed by atoms with Crippen molar-refractivity contribution in [3.8, 4) is 22.5 Å². The van der Waals surface area contributed by atoms with E-state index in [1.807, 2.05) is 18.2 Å². The highest BCUT2D eigenvalue weighted by Gasteiger charge is 2.16. The van der Waals surface area contributed by atoms with Gasteiger partial charge in [-0.3, -0.25) is 4.55 Å². The molecule has 0 aliphatic rings. The molecular weight excluding hydrogens is 449 g/mol. The maximum Gasteiger partial charge on any atom is 0.232 e. The molecule has 0 bridgehead atoms. The zero-order valence-electron chi connectivity index (χ0n) is 17.9. The van der Waals surface area contributed by atoms with Gasteiger partial charge < -0.3 is 4.98 Å². The highest BCUT2D eigenvalue weighted by molar-refractivity contribution is 7.77. The molecule has 4 aromatic rings. The second kappa shape index (κ2) is 8.75. The van der Waals surface area contributed by atoms with Crippen molar-refractivity contribution >= 4 is 33.9 Å². The van der Waals surface area contributed by atoms with E-state index in [0.717, 1.165) is 22.2 Å². The monoisotopic (exact) mass is 471 g/mol. The molecule has 1 aromatic heterocycles. The number of benzene rings is 3. The van der Waals surface area contributed by atoms with E-state index in [2.05, 4.69) is 47.6 Å². The number of nitrogens with one attached hydrogen (secondary N) is 2. The first kappa shape index (κ1) is 22.6. The second-order valence-electron chi connectivity index (χ2n) is 8.64. The predicted octanol–water partition coefficient (Wildman–Crippen LogP) is 6.21. The number of hydrogen-bond acceptors (Lipinski definition) is 2. The fourth-order valence-corrected chi connectivity index (χ4v) is 4.05. The minimum atomic E-state index is -2.19. The lowest BCUT2D eigenvalue weighted by molar-refractivity contribution is 0.545. The number of aromatic nitrogens is 2. The van der Waals surface area contributed by atoms with Crippen LogP contribution in [0.2, 0.25) is 5.02 Å². The van der Waals surface area contributed by atoms with Gasteiger partial charge in [0.1, 0.15) is 11.6 Å². The highest BCUT2D eigenvalue weighted by Crippen LogP contribution is 2.33. The first-order valence-electron chi connectivity index (χ1n) is 10.0. The van der Waals surface area contributed by atoms with Crippen molar-refractivity contribution in [2.24, 2.45) is 0 Å². The summed E-state index contributed by atoms with van der Waals surface area (Å²) in [5.74, 6) is 0.208. The lowest BCUT2D eigenvalue weighted by Gasteiger charge is -2.18. The molecule has 0 fully saturated rings. The van der Waals surface area contributed by atoms with Crippen molar-refractivity contribution in [2.75, 3.05) is 0 Å². The van der Waals surface area contributed by atoms with Crippen molar-refractivity contribution in [3.05, 3.63) is 76.6 Å². The Morgan fingerprint density at radius 1 is 1.09 bits per heavy atom. The quantitative estimate of drug-likeness (QED) is 0.302. The average Bonchev–Trinajstić information content (AvgIpc) is 3.15. The molecule has 0 saturated carbocycles. The third-order valence-electron chi connectivity index (χ3n) is 5.34. The molecule has 0 spiro atoms. The molecular formula is C24H23ClFN3O2S. The summed E-state index contributed by atoms with van der Waals surface area (Å²) in [5, 5.41) is 0.499. The first-order valence-corrected chi connectivity index (χ1v) is 11.5. The lowest BCUT2D eigenvalue weighted by atomic mass is 9.87. The van der Waals surface area contributed by atoms with Crippen LogP contribution in [0.5, 0.6) is 0 Å². The minimum Gasteiger partial charge on any atom is -0.338 e. The van der Waals surface area contributed by atoms with Crippen LogP contribution in [0.25, 0.3) is 33.5 Å². The van der Waals surface area contributed by atoms with Crippen molar-refractivity contribution in [1.82, 2.24) is 14.7 Å². The van der Waals surface area contributed by atoms with Crippen LogP contribution >= 0.6 is 11.6 Å². The van der Waals surface area contributed by atoms with Gasteiger partial charge in [-0.25, -0.2) is 18.3 Å². The van der Waals surface area contributed by atoms with E-state index in [1.54, 1.807) is 18.2 Å². The fraction of sp³-hybridized carbons (Fsp3) is 0.208. The third kappa shape index (κ3) is 4.76. The summed E-state index contributed by atoms with van der Waals surface area (Å²) < 4.78 is 36.2. The molecule has 1 heterocycles. The molecule has 0 saturated heterocycles. The number of H-pyrrole nitrogens is 1. The van der Waals surface area contributed by atoms with Crippen molar-refractivity contribution in [3.63, 3.8) is 0 Å². The Labute approximate surface area is 193 Å². The Morgan fingerprint density at radius 2 is 1.81 bits per heavy atom. The van der Waals surface area contributed by atoms with Crippen molar-refractivity contribution < 1.29 is 13.2 Å². The van der Waals surface area contributed by atoms with Gasteiger partial charge in [0.25, 0.3) is 0 Å². The number of rotatable bonds is 5. The van der Waals surface area contributed by atoms with Gasteiger partial charge in [-0.1, -0.05) is 56.6 Å². The number of nitrogens with zero attached hydrogens (tertiary/aromatic N) is 1.